The molecule has 1 N–H and O–H groups in total. The van der Waals surface area contributed by atoms with Gasteiger partial charge in [-0.15, -0.1) is 0 Å². The molecule has 0 spiro atoms. The maximum absolute atomic E-state index is 12.3. The molecule has 0 radical (unpaired) electrons. The van der Waals surface area contributed by atoms with Crippen LogP contribution in [-0.4, -0.2) is 37.2 Å². The highest BCUT2D eigenvalue weighted by molar-refractivity contribution is 5.78. The fourth-order valence-electron chi connectivity index (χ4n) is 2.86. The van der Waals surface area contributed by atoms with Gasteiger partial charge in [0.25, 0.3) is 0 Å². The van der Waals surface area contributed by atoms with E-state index in [4.69, 9.17) is 14.2 Å². The minimum absolute atomic E-state index is 0.0507. The molecule has 1 amide bonds. The molecule has 0 saturated heterocycles. The van der Waals surface area contributed by atoms with Gasteiger partial charge in [0, 0.05) is 12.5 Å². The smallest absolute Gasteiger partial charge is 0.332 e. The van der Waals surface area contributed by atoms with Gasteiger partial charge < -0.3 is 19.5 Å². The highest BCUT2D eigenvalue weighted by atomic mass is 16.6. The molecule has 0 aliphatic rings. The predicted molar refractivity (Wildman–Crippen MR) is 120 cm³/mol. The molecule has 0 aromatic heterocycles. The van der Waals surface area contributed by atoms with E-state index in [0.29, 0.717) is 19.6 Å². The number of benzene rings is 2. The summed E-state index contributed by atoms with van der Waals surface area (Å²) >= 11 is 0. The monoisotopic (exact) mass is 427 g/mol. The summed E-state index contributed by atoms with van der Waals surface area (Å²) in [5.74, 6) is 0.155. The molecule has 2 aromatic carbocycles. The summed E-state index contributed by atoms with van der Waals surface area (Å²) < 4.78 is 16.2. The second-order valence-electron chi connectivity index (χ2n) is 8.45. The van der Waals surface area contributed by atoms with Crippen molar-refractivity contribution in [3.63, 3.8) is 0 Å². The van der Waals surface area contributed by atoms with Crippen LogP contribution in [0.5, 0.6) is 5.75 Å². The first kappa shape index (κ1) is 24.4. The van der Waals surface area contributed by atoms with Gasteiger partial charge in [0.15, 0.2) is 0 Å². The van der Waals surface area contributed by atoms with Crippen molar-refractivity contribution < 1.29 is 23.8 Å². The lowest BCUT2D eigenvalue weighted by Gasteiger charge is -2.19. The lowest BCUT2D eigenvalue weighted by atomic mass is 10.0. The number of hydrogen-bond donors (Lipinski definition) is 1. The molecule has 2 rings (SSSR count). The van der Waals surface area contributed by atoms with Crippen molar-refractivity contribution in [3.05, 3.63) is 65.7 Å². The van der Waals surface area contributed by atoms with E-state index in [1.807, 2.05) is 61.5 Å². The molecular weight excluding hydrogens is 394 g/mol. The van der Waals surface area contributed by atoms with Crippen LogP contribution in [0.3, 0.4) is 0 Å². The summed E-state index contributed by atoms with van der Waals surface area (Å²) in [7, 11) is 0. The first-order chi connectivity index (χ1) is 14.7. The van der Waals surface area contributed by atoms with E-state index in [1.54, 1.807) is 20.8 Å². The Morgan fingerprint density at radius 2 is 1.65 bits per heavy atom. The van der Waals surface area contributed by atoms with Crippen LogP contribution in [0.2, 0.25) is 0 Å². The third-order valence-corrected chi connectivity index (χ3v) is 4.35. The summed E-state index contributed by atoms with van der Waals surface area (Å²) in [6.45, 7) is 8.30. The Morgan fingerprint density at radius 1 is 0.968 bits per heavy atom. The molecule has 168 valence electrons. The summed E-state index contributed by atoms with van der Waals surface area (Å²) in [6, 6.07) is 17.8. The van der Waals surface area contributed by atoms with Gasteiger partial charge in [-0.05, 0) is 50.5 Å². The SMILES string of the molecule is C[C@@H](Cc1ccc(OCc2ccccc2)cc1)C(=O)NCCOCC(=O)OC(C)(C)C. The van der Waals surface area contributed by atoms with Gasteiger partial charge >= 0.3 is 5.97 Å². The molecule has 0 fully saturated rings. The molecule has 0 aliphatic heterocycles. The number of amides is 1. The van der Waals surface area contributed by atoms with Crippen LogP contribution in [0, 0.1) is 5.92 Å². The molecule has 0 heterocycles. The molecule has 2 aromatic rings. The maximum Gasteiger partial charge on any atom is 0.332 e. The van der Waals surface area contributed by atoms with Crippen LogP contribution in [-0.2, 0) is 32.1 Å². The second kappa shape index (κ2) is 12.1. The number of nitrogens with one attached hydrogen (secondary N) is 1. The fraction of sp³-hybridized carbons (Fsp3) is 0.440. The van der Waals surface area contributed by atoms with Crippen molar-refractivity contribution >= 4 is 11.9 Å². The van der Waals surface area contributed by atoms with Crippen molar-refractivity contribution in [2.24, 2.45) is 5.92 Å². The Morgan fingerprint density at radius 3 is 2.29 bits per heavy atom. The number of esters is 1. The normalized spacial score (nSPS) is 12.1. The van der Waals surface area contributed by atoms with Crippen molar-refractivity contribution in [1.29, 1.82) is 0 Å². The first-order valence-electron chi connectivity index (χ1n) is 10.6. The number of hydrogen-bond acceptors (Lipinski definition) is 5. The maximum atomic E-state index is 12.3. The Hall–Kier alpha value is -2.86. The Labute approximate surface area is 184 Å². The zero-order valence-electron chi connectivity index (χ0n) is 18.9. The second-order valence-corrected chi connectivity index (χ2v) is 8.45. The molecule has 1 atom stereocenters. The van der Waals surface area contributed by atoms with Gasteiger partial charge in [-0.1, -0.05) is 49.4 Å². The van der Waals surface area contributed by atoms with Crippen LogP contribution >= 0.6 is 0 Å². The van der Waals surface area contributed by atoms with Crippen LogP contribution < -0.4 is 10.1 Å². The van der Waals surface area contributed by atoms with Gasteiger partial charge in [-0.2, -0.15) is 0 Å². The van der Waals surface area contributed by atoms with Crippen LogP contribution in [0.1, 0.15) is 38.8 Å². The van der Waals surface area contributed by atoms with E-state index >= 15 is 0 Å². The first-order valence-corrected chi connectivity index (χ1v) is 10.6. The van der Waals surface area contributed by atoms with Crippen molar-refractivity contribution in [1.82, 2.24) is 5.32 Å². The van der Waals surface area contributed by atoms with Crippen LogP contribution in [0.15, 0.2) is 54.6 Å². The summed E-state index contributed by atoms with van der Waals surface area (Å²) in [4.78, 5) is 23.8. The molecule has 0 bridgehead atoms. The standard InChI is InChI=1S/C25H33NO5/c1-19(24(28)26-14-15-29-18-23(27)31-25(2,3)4)16-20-10-12-22(13-11-20)30-17-21-8-6-5-7-9-21/h5-13,19H,14-18H2,1-4H3,(H,26,28)/t19-/m0/s1. The average Bonchev–Trinajstić information content (AvgIpc) is 2.72. The van der Waals surface area contributed by atoms with E-state index in [1.165, 1.54) is 0 Å². The largest absolute Gasteiger partial charge is 0.489 e. The molecule has 0 saturated carbocycles. The summed E-state index contributed by atoms with van der Waals surface area (Å²) in [6.07, 6.45) is 0.629. The van der Waals surface area contributed by atoms with Gasteiger partial charge in [0.1, 0.15) is 24.6 Å². The summed E-state index contributed by atoms with van der Waals surface area (Å²) in [5, 5.41) is 2.83. The van der Waals surface area contributed by atoms with E-state index in [0.717, 1.165) is 16.9 Å². The topological polar surface area (TPSA) is 73.9 Å². The predicted octanol–water partition coefficient (Wildman–Crippen LogP) is 3.92. The summed E-state index contributed by atoms with van der Waals surface area (Å²) in [5.41, 5.74) is 1.65. The molecule has 0 aliphatic carbocycles. The Bertz CT molecular complexity index is 812. The van der Waals surface area contributed by atoms with Gasteiger partial charge in [0.05, 0.1) is 6.61 Å². The zero-order chi connectivity index (χ0) is 22.7. The number of rotatable bonds is 11. The average molecular weight is 428 g/mol. The minimum Gasteiger partial charge on any atom is -0.489 e. The van der Waals surface area contributed by atoms with Crippen molar-refractivity contribution in [3.8, 4) is 5.75 Å². The van der Waals surface area contributed by atoms with E-state index in [9.17, 15) is 9.59 Å². The molecule has 0 unspecified atom stereocenters. The highest BCUT2D eigenvalue weighted by Crippen LogP contribution is 2.16. The Kier molecular flexibility index (Phi) is 9.53. The molecule has 31 heavy (non-hydrogen) atoms. The van der Waals surface area contributed by atoms with E-state index < -0.39 is 11.6 Å². The van der Waals surface area contributed by atoms with Gasteiger partial charge in [0.2, 0.25) is 5.91 Å². The minimum atomic E-state index is -0.531. The number of carbonyl (C=O) groups is 2. The van der Waals surface area contributed by atoms with E-state index in [2.05, 4.69) is 5.32 Å². The van der Waals surface area contributed by atoms with E-state index in [-0.39, 0.29) is 25.0 Å². The van der Waals surface area contributed by atoms with Crippen molar-refractivity contribution in [2.75, 3.05) is 19.8 Å². The highest BCUT2D eigenvalue weighted by Gasteiger charge is 2.16. The zero-order valence-corrected chi connectivity index (χ0v) is 18.9. The number of carbonyl (C=O) groups excluding carboxylic acids is 2. The fourth-order valence-corrected chi connectivity index (χ4v) is 2.86. The van der Waals surface area contributed by atoms with Gasteiger partial charge in [-0.25, -0.2) is 4.79 Å². The van der Waals surface area contributed by atoms with Crippen LogP contribution in [0.4, 0.5) is 0 Å². The molecular formula is C25H33NO5. The van der Waals surface area contributed by atoms with Gasteiger partial charge in [-0.3, -0.25) is 4.79 Å². The molecule has 6 heteroatoms. The van der Waals surface area contributed by atoms with Crippen LogP contribution in [0.25, 0.3) is 0 Å². The third-order valence-electron chi connectivity index (χ3n) is 4.35. The Balaban J connectivity index is 1.64. The number of ether oxygens (including phenoxy) is 3. The quantitative estimate of drug-likeness (QED) is 0.435. The lowest BCUT2D eigenvalue weighted by molar-refractivity contribution is -0.160. The van der Waals surface area contributed by atoms with Crippen molar-refractivity contribution in [2.45, 2.75) is 46.3 Å². The molecule has 6 nitrogen and oxygen atoms in total. The lowest BCUT2D eigenvalue weighted by Crippen LogP contribution is -2.33. The third kappa shape index (κ3) is 10.1.